The third-order valence-corrected chi connectivity index (χ3v) is 7.67. The van der Waals surface area contributed by atoms with Crippen molar-refractivity contribution >= 4 is 27.9 Å². The van der Waals surface area contributed by atoms with E-state index in [4.69, 9.17) is 14.7 Å². The van der Waals surface area contributed by atoms with Gasteiger partial charge in [-0.3, -0.25) is 4.79 Å². The Morgan fingerprint density at radius 2 is 1.79 bits per heavy atom. The van der Waals surface area contributed by atoms with E-state index in [1.54, 1.807) is 0 Å². The number of rotatable bonds is 7. The van der Waals surface area contributed by atoms with Gasteiger partial charge in [0.05, 0.1) is 46.3 Å². The lowest BCUT2D eigenvalue weighted by Crippen LogP contribution is -2.27. The van der Waals surface area contributed by atoms with E-state index in [1.807, 2.05) is 78.9 Å². The zero-order valence-corrected chi connectivity index (χ0v) is 21.5. The van der Waals surface area contributed by atoms with Crippen molar-refractivity contribution in [3.63, 3.8) is 0 Å². The van der Waals surface area contributed by atoms with Crippen molar-refractivity contribution in [2.45, 2.75) is 44.8 Å². The second-order valence-corrected chi connectivity index (χ2v) is 10.1. The average molecular weight is 517 g/mol. The number of fused-ring (bicyclic) bond motifs is 2. The monoisotopic (exact) mass is 516 g/mol. The third-order valence-electron chi connectivity index (χ3n) is 7.67. The molecule has 2 heterocycles. The SMILES string of the molecule is N#Cc1ccccc1Cn1c(C2CCCCC2C(=O)O)nc2cc(OCc3ccc4ccccc4n3)ccc21. The van der Waals surface area contributed by atoms with E-state index in [2.05, 4.69) is 10.6 Å². The van der Waals surface area contributed by atoms with Crippen molar-refractivity contribution in [1.82, 2.24) is 14.5 Å². The van der Waals surface area contributed by atoms with Crippen LogP contribution in [0.25, 0.3) is 21.9 Å². The van der Waals surface area contributed by atoms with Gasteiger partial charge >= 0.3 is 5.97 Å². The minimum absolute atomic E-state index is 0.191. The Morgan fingerprint density at radius 3 is 2.67 bits per heavy atom. The minimum atomic E-state index is -0.775. The topological polar surface area (TPSA) is 101 Å². The van der Waals surface area contributed by atoms with Gasteiger partial charge in [-0.2, -0.15) is 5.26 Å². The van der Waals surface area contributed by atoms with E-state index in [-0.39, 0.29) is 5.92 Å². The van der Waals surface area contributed by atoms with Crippen LogP contribution in [0.5, 0.6) is 5.75 Å². The second-order valence-electron chi connectivity index (χ2n) is 10.1. The normalized spacial score (nSPS) is 17.2. The van der Waals surface area contributed by atoms with Crippen molar-refractivity contribution in [1.29, 1.82) is 5.26 Å². The highest BCUT2D eigenvalue weighted by Crippen LogP contribution is 2.39. The van der Waals surface area contributed by atoms with E-state index in [1.165, 1.54) is 0 Å². The predicted octanol–water partition coefficient (Wildman–Crippen LogP) is 6.44. The summed E-state index contributed by atoms with van der Waals surface area (Å²) in [6, 6.07) is 27.6. The number of imidazole rings is 1. The van der Waals surface area contributed by atoms with Gasteiger partial charge in [0.2, 0.25) is 0 Å². The van der Waals surface area contributed by atoms with Crippen LogP contribution in [0.4, 0.5) is 0 Å². The molecule has 0 radical (unpaired) electrons. The van der Waals surface area contributed by atoms with Crippen molar-refractivity contribution in [3.8, 4) is 11.8 Å². The first-order valence-electron chi connectivity index (χ1n) is 13.3. The first-order chi connectivity index (χ1) is 19.1. The fourth-order valence-corrected chi connectivity index (χ4v) is 5.69. The molecule has 194 valence electrons. The van der Waals surface area contributed by atoms with Gasteiger partial charge < -0.3 is 14.4 Å². The molecule has 0 aliphatic heterocycles. The maximum atomic E-state index is 12.2. The molecule has 5 aromatic rings. The lowest BCUT2D eigenvalue weighted by Gasteiger charge is -2.28. The molecule has 6 rings (SSSR count). The largest absolute Gasteiger partial charge is 0.487 e. The van der Waals surface area contributed by atoms with E-state index in [0.29, 0.717) is 30.9 Å². The van der Waals surface area contributed by atoms with Gasteiger partial charge in [-0.15, -0.1) is 0 Å². The highest BCUT2D eigenvalue weighted by Gasteiger charge is 2.35. The Hall–Kier alpha value is -4.70. The number of nitrogens with zero attached hydrogens (tertiary/aromatic N) is 4. The lowest BCUT2D eigenvalue weighted by atomic mass is 9.78. The molecule has 1 fully saturated rings. The number of nitriles is 1. The number of aliphatic carboxylic acids is 1. The van der Waals surface area contributed by atoms with Crippen LogP contribution >= 0.6 is 0 Å². The molecule has 0 spiro atoms. The number of carboxylic acids is 1. The van der Waals surface area contributed by atoms with Crippen LogP contribution in [0.2, 0.25) is 0 Å². The summed E-state index contributed by atoms with van der Waals surface area (Å²) in [5.74, 6) is -0.00960. The molecule has 0 saturated heterocycles. The molecule has 2 atom stereocenters. The highest BCUT2D eigenvalue weighted by atomic mass is 16.5. The quantitative estimate of drug-likeness (QED) is 0.267. The van der Waals surface area contributed by atoms with Gasteiger partial charge in [-0.05, 0) is 48.7 Å². The molecule has 3 aromatic carbocycles. The highest BCUT2D eigenvalue weighted by molar-refractivity contribution is 5.79. The Kier molecular flexibility index (Phi) is 6.68. The number of pyridine rings is 1. The second kappa shape index (κ2) is 10.6. The summed E-state index contributed by atoms with van der Waals surface area (Å²) < 4.78 is 8.20. The molecule has 39 heavy (non-hydrogen) atoms. The van der Waals surface area contributed by atoms with E-state index < -0.39 is 11.9 Å². The van der Waals surface area contributed by atoms with Crippen molar-refractivity contribution in [2.24, 2.45) is 5.92 Å². The lowest BCUT2D eigenvalue weighted by molar-refractivity contribution is -0.143. The summed E-state index contributed by atoms with van der Waals surface area (Å²) in [6.45, 7) is 0.767. The Labute approximate surface area is 226 Å². The summed E-state index contributed by atoms with van der Waals surface area (Å²) in [6.07, 6.45) is 3.30. The molecular formula is C32H28N4O3. The number of benzene rings is 3. The van der Waals surface area contributed by atoms with Crippen LogP contribution < -0.4 is 4.74 Å². The maximum absolute atomic E-state index is 12.2. The zero-order chi connectivity index (χ0) is 26.8. The van der Waals surface area contributed by atoms with E-state index in [0.717, 1.165) is 58.3 Å². The molecule has 1 saturated carbocycles. The van der Waals surface area contributed by atoms with Gasteiger partial charge in [0.15, 0.2) is 0 Å². The summed E-state index contributed by atoms with van der Waals surface area (Å²) in [7, 11) is 0. The van der Waals surface area contributed by atoms with Crippen LogP contribution in [-0.4, -0.2) is 25.6 Å². The number of aromatic nitrogens is 3. The Bertz CT molecular complexity index is 1720. The van der Waals surface area contributed by atoms with Crippen LogP contribution in [-0.2, 0) is 17.9 Å². The van der Waals surface area contributed by atoms with Gasteiger partial charge in [-0.1, -0.05) is 55.3 Å². The predicted molar refractivity (Wildman–Crippen MR) is 148 cm³/mol. The average Bonchev–Trinajstić information content (AvgIpc) is 3.33. The maximum Gasteiger partial charge on any atom is 0.307 e. The molecule has 1 aliphatic carbocycles. The molecule has 7 heteroatoms. The molecule has 1 N–H and O–H groups in total. The van der Waals surface area contributed by atoms with Crippen molar-refractivity contribution in [3.05, 3.63) is 102 Å². The first-order valence-corrected chi connectivity index (χ1v) is 13.3. The zero-order valence-electron chi connectivity index (χ0n) is 21.5. The Balaban J connectivity index is 1.36. The number of carboxylic acid groups (broad SMARTS) is 1. The van der Waals surface area contributed by atoms with Crippen molar-refractivity contribution in [2.75, 3.05) is 0 Å². The molecule has 2 aromatic heterocycles. The van der Waals surface area contributed by atoms with Gasteiger partial charge in [0, 0.05) is 17.4 Å². The first kappa shape index (κ1) is 24.6. The number of ether oxygens (including phenoxy) is 1. The van der Waals surface area contributed by atoms with Crippen molar-refractivity contribution < 1.29 is 14.6 Å². The summed E-state index contributed by atoms with van der Waals surface area (Å²) in [5.41, 5.74) is 4.88. The van der Waals surface area contributed by atoms with Gasteiger partial charge in [-0.25, -0.2) is 9.97 Å². The fourth-order valence-electron chi connectivity index (χ4n) is 5.69. The van der Waals surface area contributed by atoms with Crippen LogP contribution in [0.15, 0.2) is 78.9 Å². The van der Waals surface area contributed by atoms with E-state index >= 15 is 0 Å². The number of para-hydroxylation sites is 1. The number of carbonyl (C=O) groups is 1. The number of hydrogen-bond donors (Lipinski definition) is 1. The third kappa shape index (κ3) is 4.94. The van der Waals surface area contributed by atoms with Gasteiger partial charge in [0.25, 0.3) is 0 Å². The fraction of sp³-hybridized carbons (Fsp3) is 0.250. The number of hydrogen-bond acceptors (Lipinski definition) is 5. The summed E-state index contributed by atoms with van der Waals surface area (Å²) in [5, 5.41) is 20.7. The van der Waals surface area contributed by atoms with Gasteiger partial charge in [0.1, 0.15) is 18.2 Å². The molecule has 1 aliphatic rings. The molecule has 0 amide bonds. The summed E-state index contributed by atoms with van der Waals surface area (Å²) >= 11 is 0. The van der Waals surface area contributed by atoms with Crippen LogP contribution in [0.1, 0.15) is 54.2 Å². The minimum Gasteiger partial charge on any atom is -0.487 e. The smallest absolute Gasteiger partial charge is 0.307 e. The molecule has 0 bridgehead atoms. The van der Waals surface area contributed by atoms with Crippen LogP contribution in [0, 0.1) is 17.2 Å². The molecule has 7 nitrogen and oxygen atoms in total. The summed E-state index contributed by atoms with van der Waals surface area (Å²) in [4.78, 5) is 21.9. The standard InChI is InChI=1S/C32H28N4O3/c33-18-22-8-1-2-9-23(22)19-36-30-16-15-25(39-20-24-14-13-21-7-3-6-12-28(21)34-24)17-29(30)35-31(36)26-10-4-5-11-27(26)32(37)38/h1-3,6-9,12-17,26-27H,4-5,10-11,19-20H2,(H,37,38). The Morgan fingerprint density at radius 1 is 0.974 bits per heavy atom. The molecule has 2 unspecified atom stereocenters. The van der Waals surface area contributed by atoms with E-state index in [9.17, 15) is 15.2 Å². The molecular weight excluding hydrogens is 488 g/mol. The van der Waals surface area contributed by atoms with Crippen LogP contribution in [0.3, 0.4) is 0 Å².